The molecule has 4 nitrogen and oxygen atoms in total. The second-order valence-corrected chi connectivity index (χ2v) is 7.47. The number of nitrogens with zero attached hydrogens (tertiary/aromatic N) is 1. The lowest BCUT2D eigenvalue weighted by Gasteiger charge is -2.32. The molecular formula is C14H24F3N3OS. The number of carbonyl (C=O) groups is 1. The van der Waals surface area contributed by atoms with Gasteiger partial charge in [0.2, 0.25) is 0 Å². The summed E-state index contributed by atoms with van der Waals surface area (Å²) >= 11 is 1.90. The topological polar surface area (TPSA) is 44.4 Å². The van der Waals surface area contributed by atoms with Crippen molar-refractivity contribution >= 4 is 17.8 Å². The van der Waals surface area contributed by atoms with E-state index < -0.39 is 12.7 Å². The predicted octanol–water partition coefficient (Wildman–Crippen LogP) is 2.46. The standard InChI is InChI=1S/C14H24F3N3OS/c15-14(16,17)10-20-5-3-11(4-6-20)8-18-13(21)19-9-12-2-1-7-22-12/h11-12H,1-10H2,(H2,18,19,21)/t12-/m1/s1. The van der Waals surface area contributed by atoms with Gasteiger partial charge in [-0.05, 0) is 50.4 Å². The summed E-state index contributed by atoms with van der Waals surface area (Å²) in [5.74, 6) is 1.45. The van der Waals surface area contributed by atoms with Gasteiger partial charge in [0.25, 0.3) is 0 Å². The highest BCUT2D eigenvalue weighted by atomic mass is 32.2. The Labute approximate surface area is 133 Å². The van der Waals surface area contributed by atoms with Crippen LogP contribution in [0.4, 0.5) is 18.0 Å². The average Bonchev–Trinajstić information content (AvgIpc) is 2.96. The van der Waals surface area contributed by atoms with Gasteiger partial charge in [0, 0.05) is 18.3 Å². The zero-order valence-electron chi connectivity index (χ0n) is 12.6. The van der Waals surface area contributed by atoms with Gasteiger partial charge in [-0.3, -0.25) is 4.90 Å². The molecule has 2 amide bonds. The fourth-order valence-electron chi connectivity index (χ4n) is 2.91. The highest BCUT2D eigenvalue weighted by Gasteiger charge is 2.32. The first kappa shape index (κ1) is 17.7. The molecule has 1 atom stereocenters. The molecule has 0 bridgehead atoms. The van der Waals surface area contributed by atoms with Gasteiger partial charge < -0.3 is 10.6 Å². The summed E-state index contributed by atoms with van der Waals surface area (Å²) in [4.78, 5) is 13.1. The molecule has 128 valence electrons. The van der Waals surface area contributed by atoms with Crippen LogP contribution in [0, 0.1) is 5.92 Å². The summed E-state index contributed by atoms with van der Waals surface area (Å²) in [6.07, 6.45) is -0.343. The highest BCUT2D eigenvalue weighted by molar-refractivity contribution is 8.00. The Balaban J connectivity index is 1.55. The van der Waals surface area contributed by atoms with Crippen LogP contribution in [0.15, 0.2) is 0 Å². The van der Waals surface area contributed by atoms with Crippen LogP contribution < -0.4 is 10.6 Å². The van der Waals surface area contributed by atoms with Crippen LogP contribution in [0.5, 0.6) is 0 Å². The van der Waals surface area contributed by atoms with E-state index >= 15 is 0 Å². The van der Waals surface area contributed by atoms with E-state index in [0.29, 0.717) is 44.3 Å². The number of alkyl halides is 3. The number of hydrogen-bond donors (Lipinski definition) is 2. The Morgan fingerprint density at radius 1 is 1.14 bits per heavy atom. The smallest absolute Gasteiger partial charge is 0.338 e. The van der Waals surface area contributed by atoms with E-state index in [2.05, 4.69) is 10.6 Å². The number of likely N-dealkylation sites (tertiary alicyclic amines) is 1. The molecule has 8 heteroatoms. The van der Waals surface area contributed by atoms with Crippen LogP contribution in [0.2, 0.25) is 0 Å². The molecule has 0 spiro atoms. The summed E-state index contributed by atoms with van der Waals surface area (Å²) in [5.41, 5.74) is 0. The number of halogens is 3. The molecule has 0 aliphatic carbocycles. The highest BCUT2D eigenvalue weighted by Crippen LogP contribution is 2.25. The van der Waals surface area contributed by atoms with Gasteiger partial charge in [0.15, 0.2) is 0 Å². The van der Waals surface area contributed by atoms with Crippen molar-refractivity contribution in [2.45, 2.75) is 37.1 Å². The largest absolute Gasteiger partial charge is 0.401 e. The lowest BCUT2D eigenvalue weighted by molar-refractivity contribution is -0.148. The van der Waals surface area contributed by atoms with E-state index in [1.54, 1.807) is 0 Å². The van der Waals surface area contributed by atoms with Gasteiger partial charge in [-0.15, -0.1) is 0 Å². The van der Waals surface area contributed by atoms with E-state index in [1.807, 2.05) is 11.8 Å². The minimum absolute atomic E-state index is 0.162. The van der Waals surface area contributed by atoms with Crippen molar-refractivity contribution in [1.29, 1.82) is 0 Å². The minimum atomic E-state index is -4.12. The Morgan fingerprint density at radius 3 is 2.41 bits per heavy atom. The Kier molecular flexibility index (Phi) is 6.67. The minimum Gasteiger partial charge on any atom is -0.338 e. The van der Waals surface area contributed by atoms with Gasteiger partial charge in [0.1, 0.15) is 0 Å². The van der Waals surface area contributed by atoms with Crippen LogP contribution in [0.25, 0.3) is 0 Å². The van der Waals surface area contributed by atoms with Crippen molar-refractivity contribution in [3.8, 4) is 0 Å². The fourth-order valence-corrected chi connectivity index (χ4v) is 4.11. The van der Waals surface area contributed by atoms with Gasteiger partial charge in [0.05, 0.1) is 6.54 Å². The second-order valence-electron chi connectivity index (χ2n) is 6.06. The third kappa shape index (κ3) is 6.64. The number of hydrogen-bond acceptors (Lipinski definition) is 3. The lowest BCUT2D eigenvalue weighted by Crippen LogP contribution is -2.44. The molecule has 2 N–H and O–H groups in total. The van der Waals surface area contributed by atoms with Crippen LogP contribution in [0.3, 0.4) is 0 Å². The molecule has 2 aliphatic rings. The number of nitrogens with one attached hydrogen (secondary N) is 2. The zero-order valence-corrected chi connectivity index (χ0v) is 13.4. The number of amides is 2. The van der Waals surface area contributed by atoms with Gasteiger partial charge in [-0.2, -0.15) is 24.9 Å². The van der Waals surface area contributed by atoms with E-state index in [1.165, 1.54) is 17.1 Å². The SMILES string of the molecule is O=C(NCC1CCN(CC(F)(F)F)CC1)NC[C@H]1CCCS1. The molecule has 22 heavy (non-hydrogen) atoms. The predicted molar refractivity (Wildman–Crippen MR) is 82.1 cm³/mol. The summed E-state index contributed by atoms with van der Waals surface area (Å²) in [6.45, 7) is 1.31. The number of carbonyl (C=O) groups excluding carboxylic acids is 1. The van der Waals surface area contributed by atoms with E-state index in [-0.39, 0.29) is 11.9 Å². The summed E-state index contributed by atoms with van der Waals surface area (Å²) < 4.78 is 36.9. The van der Waals surface area contributed by atoms with Gasteiger partial charge >= 0.3 is 12.2 Å². The van der Waals surface area contributed by atoms with Crippen LogP contribution >= 0.6 is 11.8 Å². The molecule has 0 saturated carbocycles. The molecule has 0 aromatic heterocycles. The molecule has 0 radical (unpaired) electrons. The van der Waals surface area contributed by atoms with Crippen LogP contribution in [-0.4, -0.2) is 60.8 Å². The monoisotopic (exact) mass is 339 g/mol. The maximum absolute atomic E-state index is 12.3. The normalized spacial score (nSPS) is 24.4. The van der Waals surface area contributed by atoms with Gasteiger partial charge in [-0.25, -0.2) is 4.79 Å². The average molecular weight is 339 g/mol. The summed E-state index contributed by atoms with van der Waals surface area (Å²) in [7, 11) is 0. The van der Waals surface area contributed by atoms with E-state index in [9.17, 15) is 18.0 Å². The number of urea groups is 1. The van der Waals surface area contributed by atoms with Crippen LogP contribution in [0.1, 0.15) is 25.7 Å². The van der Waals surface area contributed by atoms with Crippen molar-refractivity contribution in [2.24, 2.45) is 5.92 Å². The van der Waals surface area contributed by atoms with E-state index in [4.69, 9.17) is 0 Å². The molecule has 2 saturated heterocycles. The molecule has 2 heterocycles. The summed E-state index contributed by atoms with van der Waals surface area (Å²) in [5, 5.41) is 6.24. The first-order valence-electron chi connectivity index (χ1n) is 7.85. The third-order valence-corrected chi connectivity index (χ3v) is 5.57. The molecule has 0 unspecified atom stereocenters. The molecule has 0 aromatic rings. The lowest BCUT2D eigenvalue weighted by atomic mass is 9.97. The molecule has 2 rings (SSSR count). The quantitative estimate of drug-likeness (QED) is 0.809. The van der Waals surface area contributed by atoms with Crippen molar-refractivity contribution in [3.05, 3.63) is 0 Å². The van der Waals surface area contributed by atoms with Gasteiger partial charge in [-0.1, -0.05) is 0 Å². The van der Waals surface area contributed by atoms with Crippen molar-refractivity contribution in [2.75, 3.05) is 38.5 Å². The van der Waals surface area contributed by atoms with Crippen molar-refractivity contribution in [3.63, 3.8) is 0 Å². The summed E-state index contributed by atoms with van der Waals surface area (Å²) in [6, 6.07) is -0.162. The van der Waals surface area contributed by atoms with Crippen LogP contribution in [-0.2, 0) is 0 Å². The Hall–Kier alpha value is -0.630. The van der Waals surface area contributed by atoms with Crippen molar-refractivity contribution < 1.29 is 18.0 Å². The Bertz CT molecular complexity index is 354. The Morgan fingerprint density at radius 2 is 1.82 bits per heavy atom. The third-order valence-electron chi connectivity index (χ3n) is 4.18. The maximum atomic E-state index is 12.3. The molecule has 0 aromatic carbocycles. The molecular weight excluding hydrogens is 315 g/mol. The fraction of sp³-hybridized carbons (Fsp3) is 0.929. The first-order valence-corrected chi connectivity index (χ1v) is 8.89. The second kappa shape index (κ2) is 8.29. The first-order chi connectivity index (χ1) is 10.4. The number of rotatable bonds is 5. The number of piperidine rings is 1. The molecule has 2 fully saturated rings. The maximum Gasteiger partial charge on any atom is 0.401 e. The van der Waals surface area contributed by atoms with Crippen molar-refractivity contribution in [1.82, 2.24) is 15.5 Å². The zero-order chi connectivity index (χ0) is 16.0. The molecule has 2 aliphatic heterocycles. The van der Waals surface area contributed by atoms with E-state index in [0.717, 1.165) is 6.42 Å². The number of thioether (sulfide) groups is 1.